The standard InChI is InChI=1S/C11H17NOS/c1-9-4-2-3-5-10(9)11(12)8-14-7-6-13/h2-5,11,13H,6-8,12H2,1H3. The van der Waals surface area contributed by atoms with E-state index in [-0.39, 0.29) is 12.6 Å². The number of hydrogen-bond donors (Lipinski definition) is 2. The van der Waals surface area contributed by atoms with Crippen LogP contribution in [0.3, 0.4) is 0 Å². The Morgan fingerprint density at radius 3 is 2.79 bits per heavy atom. The number of nitrogens with two attached hydrogens (primary N) is 1. The summed E-state index contributed by atoms with van der Waals surface area (Å²) >= 11 is 1.69. The van der Waals surface area contributed by atoms with E-state index in [0.29, 0.717) is 0 Å². The number of thioether (sulfide) groups is 1. The highest BCUT2D eigenvalue weighted by Crippen LogP contribution is 2.18. The molecule has 1 aromatic carbocycles. The minimum absolute atomic E-state index is 0.0766. The fraction of sp³-hybridized carbons (Fsp3) is 0.455. The highest BCUT2D eigenvalue weighted by Gasteiger charge is 2.07. The van der Waals surface area contributed by atoms with Gasteiger partial charge in [-0.05, 0) is 18.1 Å². The van der Waals surface area contributed by atoms with Crippen LogP contribution >= 0.6 is 11.8 Å². The Balaban J connectivity index is 2.51. The third-order valence-corrected chi connectivity index (χ3v) is 3.19. The van der Waals surface area contributed by atoms with Gasteiger partial charge in [0.2, 0.25) is 0 Å². The van der Waals surface area contributed by atoms with Crippen molar-refractivity contribution in [1.82, 2.24) is 0 Å². The number of aliphatic hydroxyl groups is 1. The molecule has 1 unspecified atom stereocenters. The Kier molecular flexibility index (Phi) is 5.01. The molecule has 0 radical (unpaired) electrons. The molecule has 0 aliphatic rings. The molecule has 78 valence electrons. The normalized spacial score (nSPS) is 12.8. The summed E-state index contributed by atoms with van der Waals surface area (Å²) in [6.07, 6.45) is 0. The molecule has 0 saturated carbocycles. The van der Waals surface area contributed by atoms with Crippen LogP contribution in [-0.2, 0) is 0 Å². The molecule has 0 bridgehead atoms. The van der Waals surface area contributed by atoms with Crippen molar-refractivity contribution in [1.29, 1.82) is 0 Å². The van der Waals surface area contributed by atoms with Gasteiger partial charge in [0.15, 0.2) is 0 Å². The Morgan fingerprint density at radius 1 is 1.43 bits per heavy atom. The van der Waals surface area contributed by atoms with Crippen molar-refractivity contribution >= 4 is 11.8 Å². The average Bonchev–Trinajstić information content (AvgIpc) is 2.18. The van der Waals surface area contributed by atoms with Gasteiger partial charge in [0.1, 0.15) is 0 Å². The second kappa shape index (κ2) is 6.06. The number of hydrogen-bond acceptors (Lipinski definition) is 3. The summed E-state index contributed by atoms with van der Waals surface area (Å²) in [6.45, 7) is 2.30. The van der Waals surface area contributed by atoms with E-state index in [1.54, 1.807) is 11.8 Å². The SMILES string of the molecule is Cc1ccccc1C(N)CSCCO. The first-order valence-corrected chi connectivity index (χ1v) is 5.91. The van der Waals surface area contributed by atoms with E-state index in [9.17, 15) is 0 Å². The van der Waals surface area contributed by atoms with Crippen LogP contribution in [0.5, 0.6) is 0 Å². The van der Waals surface area contributed by atoms with Gasteiger partial charge < -0.3 is 10.8 Å². The number of aryl methyl sites for hydroxylation is 1. The third kappa shape index (κ3) is 3.33. The van der Waals surface area contributed by atoms with Crippen LogP contribution in [0.2, 0.25) is 0 Å². The van der Waals surface area contributed by atoms with Gasteiger partial charge in [0, 0.05) is 17.5 Å². The van der Waals surface area contributed by atoms with Crippen molar-refractivity contribution in [2.75, 3.05) is 18.1 Å². The molecular formula is C11H17NOS. The molecule has 3 heteroatoms. The van der Waals surface area contributed by atoms with Crippen LogP contribution in [0.1, 0.15) is 17.2 Å². The highest BCUT2D eigenvalue weighted by molar-refractivity contribution is 7.99. The second-order valence-corrected chi connectivity index (χ2v) is 4.41. The van der Waals surface area contributed by atoms with Gasteiger partial charge in [-0.3, -0.25) is 0 Å². The molecule has 14 heavy (non-hydrogen) atoms. The van der Waals surface area contributed by atoms with Crippen molar-refractivity contribution < 1.29 is 5.11 Å². The van der Waals surface area contributed by atoms with Crippen LogP contribution in [0.25, 0.3) is 0 Å². The fourth-order valence-electron chi connectivity index (χ4n) is 1.37. The Bertz CT molecular complexity index is 278. The molecule has 0 fully saturated rings. The zero-order valence-electron chi connectivity index (χ0n) is 8.44. The van der Waals surface area contributed by atoms with Crippen LogP contribution in [0.4, 0.5) is 0 Å². The first kappa shape index (κ1) is 11.6. The van der Waals surface area contributed by atoms with Gasteiger partial charge >= 0.3 is 0 Å². The van der Waals surface area contributed by atoms with Gasteiger partial charge in [-0.15, -0.1) is 0 Å². The lowest BCUT2D eigenvalue weighted by Crippen LogP contribution is -2.14. The van der Waals surface area contributed by atoms with Crippen molar-refractivity contribution in [3.8, 4) is 0 Å². The van der Waals surface area contributed by atoms with Gasteiger partial charge in [-0.2, -0.15) is 11.8 Å². The highest BCUT2D eigenvalue weighted by atomic mass is 32.2. The van der Waals surface area contributed by atoms with Gasteiger partial charge in [-0.1, -0.05) is 24.3 Å². The molecule has 1 rings (SSSR count). The van der Waals surface area contributed by atoms with Gasteiger partial charge in [0.25, 0.3) is 0 Å². The molecule has 0 saturated heterocycles. The predicted molar refractivity (Wildman–Crippen MR) is 62.5 cm³/mol. The molecule has 1 atom stereocenters. The fourth-order valence-corrected chi connectivity index (χ4v) is 2.10. The molecule has 0 amide bonds. The molecular weight excluding hydrogens is 194 g/mol. The Morgan fingerprint density at radius 2 is 2.14 bits per heavy atom. The van der Waals surface area contributed by atoms with E-state index in [2.05, 4.69) is 19.1 Å². The lowest BCUT2D eigenvalue weighted by atomic mass is 10.0. The van der Waals surface area contributed by atoms with E-state index in [1.807, 2.05) is 12.1 Å². The minimum Gasteiger partial charge on any atom is -0.396 e. The van der Waals surface area contributed by atoms with E-state index < -0.39 is 0 Å². The van der Waals surface area contributed by atoms with E-state index in [1.165, 1.54) is 11.1 Å². The number of rotatable bonds is 5. The van der Waals surface area contributed by atoms with Crippen LogP contribution in [0, 0.1) is 6.92 Å². The maximum absolute atomic E-state index is 8.64. The Hall–Kier alpha value is -0.510. The summed E-state index contributed by atoms with van der Waals surface area (Å²) in [5, 5.41) is 8.64. The first-order chi connectivity index (χ1) is 6.75. The largest absolute Gasteiger partial charge is 0.396 e. The van der Waals surface area contributed by atoms with Gasteiger partial charge in [0.05, 0.1) is 6.61 Å². The third-order valence-electron chi connectivity index (χ3n) is 2.12. The van der Waals surface area contributed by atoms with Crippen molar-refractivity contribution in [2.24, 2.45) is 5.73 Å². The second-order valence-electron chi connectivity index (χ2n) is 3.26. The smallest absolute Gasteiger partial charge is 0.0521 e. The lowest BCUT2D eigenvalue weighted by Gasteiger charge is -2.13. The summed E-state index contributed by atoms with van der Waals surface area (Å²) in [5.41, 5.74) is 8.48. The average molecular weight is 211 g/mol. The quantitative estimate of drug-likeness (QED) is 0.729. The lowest BCUT2D eigenvalue weighted by molar-refractivity contribution is 0.322. The summed E-state index contributed by atoms with van der Waals surface area (Å²) < 4.78 is 0. The maximum Gasteiger partial charge on any atom is 0.0521 e. The number of aliphatic hydroxyl groups excluding tert-OH is 1. The van der Waals surface area contributed by atoms with Crippen molar-refractivity contribution in [2.45, 2.75) is 13.0 Å². The minimum atomic E-state index is 0.0766. The molecule has 0 aromatic heterocycles. The first-order valence-electron chi connectivity index (χ1n) is 4.75. The van der Waals surface area contributed by atoms with Crippen LogP contribution in [0.15, 0.2) is 24.3 Å². The molecule has 0 spiro atoms. The van der Waals surface area contributed by atoms with Crippen LogP contribution < -0.4 is 5.73 Å². The van der Waals surface area contributed by atoms with Crippen LogP contribution in [-0.4, -0.2) is 23.2 Å². The summed E-state index contributed by atoms with van der Waals surface area (Å²) in [5.74, 6) is 1.63. The zero-order valence-corrected chi connectivity index (χ0v) is 9.26. The predicted octanol–water partition coefficient (Wildman–Crippen LogP) is 1.72. The van der Waals surface area contributed by atoms with Crippen molar-refractivity contribution in [3.05, 3.63) is 35.4 Å². The monoisotopic (exact) mass is 211 g/mol. The molecule has 2 nitrogen and oxygen atoms in total. The van der Waals surface area contributed by atoms with E-state index >= 15 is 0 Å². The molecule has 0 aliphatic heterocycles. The molecule has 0 aliphatic carbocycles. The molecule has 0 heterocycles. The number of benzene rings is 1. The molecule has 3 N–H and O–H groups in total. The summed E-state index contributed by atoms with van der Waals surface area (Å²) in [7, 11) is 0. The maximum atomic E-state index is 8.64. The summed E-state index contributed by atoms with van der Waals surface area (Å²) in [6, 6.07) is 8.25. The molecule has 1 aromatic rings. The topological polar surface area (TPSA) is 46.2 Å². The van der Waals surface area contributed by atoms with E-state index in [0.717, 1.165) is 11.5 Å². The van der Waals surface area contributed by atoms with E-state index in [4.69, 9.17) is 10.8 Å². The summed E-state index contributed by atoms with van der Waals surface area (Å²) in [4.78, 5) is 0. The Labute approximate surface area is 89.5 Å². The van der Waals surface area contributed by atoms with Crippen molar-refractivity contribution in [3.63, 3.8) is 0 Å². The zero-order chi connectivity index (χ0) is 10.4. The van der Waals surface area contributed by atoms with Gasteiger partial charge in [-0.25, -0.2) is 0 Å².